The fourth-order valence-electron chi connectivity index (χ4n) is 3.37. The molecule has 2 aromatic carbocycles. The van der Waals surface area contributed by atoms with E-state index in [2.05, 4.69) is 17.1 Å². The van der Waals surface area contributed by atoms with Crippen LogP contribution in [0, 0.1) is 0 Å². The van der Waals surface area contributed by atoms with Crippen molar-refractivity contribution in [2.45, 2.75) is 13.0 Å². The summed E-state index contributed by atoms with van der Waals surface area (Å²) in [5, 5.41) is 2.84. The lowest BCUT2D eigenvalue weighted by molar-refractivity contribution is 0.0602. The molecule has 0 bridgehead atoms. The molecule has 0 radical (unpaired) electrons. The summed E-state index contributed by atoms with van der Waals surface area (Å²) < 4.78 is 9.99. The normalized spacial score (nSPS) is 16.5. The number of para-hydroxylation sites is 1. The van der Waals surface area contributed by atoms with E-state index in [1.54, 1.807) is 36.3 Å². The number of nitrogens with one attached hydrogen (secondary N) is 1. The topological polar surface area (TPSA) is 71.1 Å². The number of methoxy groups -OCH3 is 2. The lowest BCUT2D eigenvalue weighted by Crippen LogP contribution is -2.54. The summed E-state index contributed by atoms with van der Waals surface area (Å²) in [4.78, 5) is 28.6. The van der Waals surface area contributed by atoms with E-state index in [1.165, 1.54) is 7.11 Å². The molecule has 148 valence electrons. The number of urea groups is 1. The third-order valence-corrected chi connectivity index (χ3v) is 4.89. The maximum absolute atomic E-state index is 12.7. The number of amides is 2. The Morgan fingerprint density at radius 3 is 2.39 bits per heavy atom. The fraction of sp³-hybridized carbons (Fsp3) is 0.333. The largest absolute Gasteiger partial charge is 0.497 e. The van der Waals surface area contributed by atoms with E-state index in [9.17, 15) is 9.59 Å². The van der Waals surface area contributed by atoms with Crippen molar-refractivity contribution in [3.63, 3.8) is 0 Å². The van der Waals surface area contributed by atoms with Gasteiger partial charge in [0, 0.05) is 31.4 Å². The van der Waals surface area contributed by atoms with Gasteiger partial charge in [0.2, 0.25) is 0 Å². The van der Waals surface area contributed by atoms with Crippen LogP contribution >= 0.6 is 0 Å². The Morgan fingerprint density at radius 2 is 1.75 bits per heavy atom. The molecule has 1 unspecified atom stereocenters. The number of ether oxygens (including phenoxy) is 2. The Balaban J connectivity index is 1.65. The van der Waals surface area contributed by atoms with Crippen molar-refractivity contribution in [2.24, 2.45) is 0 Å². The van der Waals surface area contributed by atoms with Crippen LogP contribution in [-0.4, -0.2) is 56.8 Å². The highest BCUT2D eigenvalue weighted by atomic mass is 16.5. The quantitative estimate of drug-likeness (QED) is 0.821. The molecule has 1 heterocycles. The van der Waals surface area contributed by atoms with Crippen molar-refractivity contribution in [3.05, 3.63) is 54.1 Å². The second-order valence-corrected chi connectivity index (χ2v) is 6.65. The zero-order chi connectivity index (χ0) is 20.1. The minimum Gasteiger partial charge on any atom is -0.497 e. The molecule has 0 spiro atoms. The Labute approximate surface area is 164 Å². The lowest BCUT2D eigenvalue weighted by atomic mass is 10.1. The molecule has 2 aromatic rings. The zero-order valence-electron chi connectivity index (χ0n) is 16.3. The molecule has 0 aromatic heterocycles. The van der Waals surface area contributed by atoms with Crippen molar-refractivity contribution < 1.29 is 19.1 Å². The predicted octanol–water partition coefficient (Wildman–Crippen LogP) is 3.22. The van der Waals surface area contributed by atoms with Gasteiger partial charge < -0.3 is 24.6 Å². The average molecular weight is 383 g/mol. The number of carbonyl (C=O) groups excluding carboxylic acids is 2. The van der Waals surface area contributed by atoms with Crippen LogP contribution in [0.5, 0.6) is 5.75 Å². The highest BCUT2D eigenvalue weighted by Gasteiger charge is 2.27. The molecule has 7 nitrogen and oxygen atoms in total. The summed E-state index contributed by atoms with van der Waals surface area (Å²) in [6, 6.07) is 14.7. The summed E-state index contributed by atoms with van der Waals surface area (Å²) in [5.74, 6) is 0.340. The Morgan fingerprint density at radius 1 is 1.04 bits per heavy atom. The maximum Gasteiger partial charge on any atom is 0.339 e. The van der Waals surface area contributed by atoms with Crippen LogP contribution in [0.4, 0.5) is 16.2 Å². The van der Waals surface area contributed by atoms with E-state index in [1.807, 2.05) is 24.3 Å². The van der Waals surface area contributed by atoms with Crippen LogP contribution in [-0.2, 0) is 4.74 Å². The highest BCUT2D eigenvalue weighted by molar-refractivity contribution is 6.00. The van der Waals surface area contributed by atoms with Gasteiger partial charge in [0.25, 0.3) is 0 Å². The van der Waals surface area contributed by atoms with Gasteiger partial charge in [-0.2, -0.15) is 0 Å². The van der Waals surface area contributed by atoms with Crippen LogP contribution < -0.4 is 15.0 Å². The summed E-state index contributed by atoms with van der Waals surface area (Å²) in [6.45, 7) is 3.98. The van der Waals surface area contributed by atoms with E-state index in [-0.39, 0.29) is 12.1 Å². The molecule has 1 aliphatic heterocycles. The lowest BCUT2D eigenvalue weighted by Gasteiger charge is -2.41. The molecule has 0 saturated carbocycles. The number of carbonyl (C=O) groups is 2. The molecule has 1 atom stereocenters. The van der Waals surface area contributed by atoms with Crippen LogP contribution in [0.25, 0.3) is 0 Å². The number of anilines is 2. The zero-order valence-corrected chi connectivity index (χ0v) is 16.3. The van der Waals surface area contributed by atoms with Crippen LogP contribution in [0.15, 0.2) is 48.5 Å². The van der Waals surface area contributed by atoms with E-state index in [0.29, 0.717) is 24.3 Å². The number of hydrogen-bond donors (Lipinski definition) is 1. The number of piperazine rings is 1. The fourth-order valence-corrected chi connectivity index (χ4v) is 3.37. The minimum atomic E-state index is -0.478. The molecule has 28 heavy (non-hydrogen) atoms. The first-order chi connectivity index (χ1) is 13.5. The number of esters is 1. The van der Waals surface area contributed by atoms with Gasteiger partial charge in [0.05, 0.1) is 25.5 Å². The Bertz CT molecular complexity index is 838. The molecule has 1 N–H and O–H groups in total. The summed E-state index contributed by atoms with van der Waals surface area (Å²) >= 11 is 0. The SMILES string of the molecule is COC(=O)c1ccccc1NC(=O)N1CCN(c2ccc(OC)cc2)C(C)C1. The van der Waals surface area contributed by atoms with E-state index >= 15 is 0 Å². The van der Waals surface area contributed by atoms with Crippen molar-refractivity contribution in [3.8, 4) is 5.75 Å². The molecular formula is C21H25N3O4. The average Bonchev–Trinajstić information content (AvgIpc) is 2.73. The molecule has 0 aliphatic carbocycles. The second-order valence-electron chi connectivity index (χ2n) is 6.65. The number of rotatable bonds is 4. The van der Waals surface area contributed by atoms with E-state index in [0.717, 1.165) is 18.0 Å². The first-order valence-corrected chi connectivity index (χ1v) is 9.17. The van der Waals surface area contributed by atoms with Crippen LogP contribution in [0.1, 0.15) is 17.3 Å². The van der Waals surface area contributed by atoms with Crippen molar-refractivity contribution in [2.75, 3.05) is 44.1 Å². The van der Waals surface area contributed by atoms with Gasteiger partial charge in [0.15, 0.2) is 0 Å². The third kappa shape index (κ3) is 4.19. The second kappa shape index (κ2) is 8.65. The van der Waals surface area contributed by atoms with Gasteiger partial charge in [-0.1, -0.05) is 12.1 Å². The van der Waals surface area contributed by atoms with E-state index < -0.39 is 5.97 Å². The van der Waals surface area contributed by atoms with Gasteiger partial charge in [-0.3, -0.25) is 0 Å². The molecule has 1 aliphatic rings. The molecule has 2 amide bonds. The number of benzene rings is 2. The van der Waals surface area contributed by atoms with Crippen LogP contribution in [0.2, 0.25) is 0 Å². The standard InChI is InChI=1S/C21H25N3O4/c1-15-14-23(12-13-24(15)16-8-10-17(27-2)11-9-16)21(26)22-19-7-5-4-6-18(19)20(25)28-3/h4-11,15H,12-14H2,1-3H3,(H,22,26). The Kier molecular flexibility index (Phi) is 6.03. The molecular weight excluding hydrogens is 358 g/mol. The monoisotopic (exact) mass is 383 g/mol. The van der Waals surface area contributed by atoms with Crippen molar-refractivity contribution >= 4 is 23.4 Å². The van der Waals surface area contributed by atoms with Gasteiger partial charge in [0.1, 0.15) is 5.75 Å². The van der Waals surface area contributed by atoms with Crippen LogP contribution in [0.3, 0.4) is 0 Å². The summed E-state index contributed by atoms with van der Waals surface area (Å²) in [5.41, 5.74) is 1.89. The first kappa shape index (κ1) is 19.5. The minimum absolute atomic E-state index is 0.156. The molecule has 1 fully saturated rings. The summed E-state index contributed by atoms with van der Waals surface area (Å²) in [6.07, 6.45) is 0. The predicted molar refractivity (Wildman–Crippen MR) is 108 cm³/mol. The first-order valence-electron chi connectivity index (χ1n) is 9.17. The maximum atomic E-state index is 12.7. The van der Waals surface area contributed by atoms with Crippen molar-refractivity contribution in [1.29, 1.82) is 0 Å². The molecule has 7 heteroatoms. The van der Waals surface area contributed by atoms with Gasteiger partial charge in [-0.05, 0) is 43.3 Å². The third-order valence-electron chi connectivity index (χ3n) is 4.89. The smallest absolute Gasteiger partial charge is 0.339 e. The number of nitrogens with zero attached hydrogens (tertiary/aromatic N) is 2. The number of hydrogen-bond acceptors (Lipinski definition) is 5. The van der Waals surface area contributed by atoms with E-state index in [4.69, 9.17) is 9.47 Å². The Hall–Kier alpha value is -3.22. The van der Waals surface area contributed by atoms with Gasteiger partial charge in [-0.25, -0.2) is 9.59 Å². The summed E-state index contributed by atoms with van der Waals surface area (Å²) in [7, 11) is 2.97. The van der Waals surface area contributed by atoms with Gasteiger partial charge in [-0.15, -0.1) is 0 Å². The van der Waals surface area contributed by atoms with Crippen molar-refractivity contribution in [1.82, 2.24) is 4.90 Å². The van der Waals surface area contributed by atoms with Gasteiger partial charge >= 0.3 is 12.0 Å². The molecule has 3 rings (SSSR count). The highest BCUT2D eigenvalue weighted by Crippen LogP contribution is 2.24. The molecule has 1 saturated heterocycles.